The van der Waals surface area contributed by atoms with Crippen LogP contribution in [-0.4, -0.2) is 41.4 Å². The number of amides is 2. The molecule has 1 fully saturated rings. The fraction of sp³-hybridized carbons (Fsp3) is 0.357. The first-order valence-electron chi connectivity index (χ1n) is 6.31. The van der Waals surface area contributed by atoms with Crippen LogP contribution in [0.15, 0.2) is 24.3 Å². The highest BCUT2D eigenvalue weighted by Gasteiger charge is 2.31. The summed E-state index contributed by atoms with van der Waals surface area (Å²) in [6.45, 7) is 0.774. The Balaban J connectivity index is 1.87. The van der Waals surface area contributed by atoms with E-state index in [0.717, 1.165) is 5.56 Å². The van der Waals surface area contributed by atoms with E-state index in [9.17, 15) is 14.4 Å². The standard InChI is InChI=1S/C14H16N2O4/c1-16-8-11(6-12(16)17)13(18)15-7-9-2-4-10(5-3-9)14(19)20/h2-5,11H,6-8H2,1H3,(H,15,18)(H,19,20). The zero-order valence-corrected chi connectivity index (χ0v) is 11.1. The van der Waals surface area contributed by atoms with Gasteiger partial charge in [-0.25, -0.2) is 4.79 Å². The van der Waals surface area contributed by atoms with E-state index in [1.165, 1.54) is 12.1 Å². The molecule has 1 aromatic rings. The van der Waals surface area contributed by atoms with Crippen molar-refractivity contribution in [3.8, 4) is 0 Å². The molecule has 1 aromatic carbocycles. The van der Waals surface area contributed by atoms with E-state index in [4.69, 9.17) is 5.11 Å². The van der Waals surface area contributed by atoms with Gasteiger partial charge in [0.1, 0.15) is 0 Å². The molecule has 1 unspecified atom stereocenters. The Kier molecular flexibility index (Phi) is 4.02. The van der Waals surface area contributed by atoms with Gasteiger partial charge in [-0.2, -0.15) is 0 Å². The first kappa shape index (κ1) is 14.0. The monoisotopic (exact) mass is 276 g/mol. The summed E-state index contributed by atoms with van der Waals surface area (Å²) >= 11 is 0. The number of likely N-dealkylation sites (tertiary alicyclic amines) is 1. The van der Waals surface area contributed by atoms with Gasteiger partial charge in [-0.3, -0.25) is 9.59 Å². The van der Waals surface area contributed by atoms with Crippen molar-refractivity contribution in [2.75, 3.05) is 13.6 Å². The summed E-state index contributed by atoms with van der Waals surface area (Å²) in [5.41, 5.74) is 1.03. The van der Waals surface area contributed by atoms with Crippen molar-refractivity contribution in [2.45, 2.75) is 13.0 Å². The highest BCUT2D eigenvalue weighted by atomic mass is 16.4. The molecule has 1 aliphatic rings. The van der Waals surface area contributed by atoms with E-state index < -0.39 is 5.97 Å². The minimum absolute atomic E-state index is 0.0176. The quantitative estimate of drug-likeness (QED) is 0.837. The van der Waals surface area contributed by atoms with E-state index in [0.29, 0.717) is 13.1 Å². The molecule has 1 atom stereocenters. The van der Waals surface area contributed by atoms with Crippen molar-refractivity contribution in [2.24, 2.45) is 5.92 Å². The van der Waals surface area contributed by atoms with Crippen molar-refractivity contribution >= 4 is 17.8 Å². The van der Waals surface area contributed by atoms with Gasteiger partial charge in [0.2, 0.25) is 11.8 Å². The summed E-state index contributed by atoms with van der Waals surface area (Å²) in [6, 6.07) is 6.32. The second-order valence-electron chi connectivity index (χ2n) is 4.90. The number of nitrogens with one attached hydrogen (secondary N) is 1. The minimum Gasteiger partial charge on any atom is -0.478 e. The molecule has 6 heteroatoms. The molecule has 2 rings (SSSR count). The predicted octanol–water partition coefficient (Wildman–Crippen LogP) is 0.479. The second kappa shape index (κ2) is 5.73. The van der Waals surface area contributed by atoms with Gasteiger partial charge < -0.3 is 15.3 Å². The summed E-state index contributed by atoms with van der Waals surface area (Å²) in [5.74, 6) is -1.44. The van der Waals surface area contributed by atoms with E-state index in [1.807, 2.05) is 0 Å². The van der Waals surface area contributed by atoms with Crippen LogP contribution in [0.25, 0.3) is 0 Å². The first-order chi connectivity index (χ1) is 9.47. The Morgan fingerprint density at radius 3 is 2.50 bits per heavy atom. The fourth-order valence-electron chi connectivity index (χ4n) is 2.14. The van der Waals surface area contributed by atoms with Crippen molar-refractivity contribution < 1.29 is 19.5 Å². The Morgan fingerprint density at radius 2 is 2.00 bits per heavy atom. The number of carboxylic acid groups (broad SMARTS) is 1. The average molecular weight is 276 g/mol. The maximum atomic E-state index is 11.9. The van der Waals surface area contributed by atoms with Crippen LogP contribution in [-0.2, 0) is 16.1 Å². The molecular formula is C14H16N2O4. The molecule has 0 saturated carbocycles. The molecule has 0 spiro atoms. The van der Waals surface area contributed by atoms with E-state index in [2.05, 4.69) is 5.32 Å². The molecule has 0 radical (unpaired) electrons. The molecule has 2 N–H and O–H groups in total. The van der Waals surface area contributed by atoms with Gasteiger partial charge in [-0.15, -0.1) is 0 Å². The number of carbonyl (C=O) groups excluding carboxylic acids is 2. The van der Waals surface area contributed by atoms with E-state index in [-0.39, 0.29) is 29.7 Å². The number of benzene rings is 1. The lowest BCUT2D eigenvalue weighted by molar-refractivity contribution is -0.128. The van der Waals surface area contributed by atoms with E-state index >= 15 is 0 Å². The summed E-state index contributed by atoms with van der Waals surface area (Å²) in [5, 5.41) is 11.5. The molecule has 0 aromatic heterocycles. The van der Waals surface area contributed by atoms with Crippen molar-refractivity contribution in [1.29, 1.82) is 0 Å². The van der Waals surface area contributed by atoms with Crippen LogP contribution >= 0.6 is 0 Å². The summed E-state index contributed by atoms with van der Waals surface area (Å²) in [6.07, 6.45) is 0.250. The highest BCUT2D eigenvalue weighted by Crippen LogP contribution is 2.16. The van der Waals surface area contributed by atoms with Gasteiger partial charge in [0, 0.05) is 26.6 Å². The molecule has 6 nitrogen and oxygen atoms in total. The molecular weight excluding hydrogens is 260 g/mol. The van der Waals surface area contributed by atoms with Gasteiger partial charge >= 0.3 is 5.97 Å². The lowest BCUT2D eigenvalue weighted by Gasteiger charge is -2.11. The first-order valence-corrected chi connectivity index (χ1v) is 6.31. The third-order valence-corrected chi connectivity index (χ3v) is 3.38. The normalized spacial score (nSPS) is 18.1. The third-order valence-electron chi connectivity index (χ3n) is 3.38. The fourth-order valence-corrected chi connectivity index (χ4v) is 2.14. The number of aromatic carboxylic acids is 1. The van der Waals surface area contributed by atoms with Crippen LogP contribution in [0.4, 0.5) is 0 Å². The topological polar surface area (TPSA) is 86.7 Å². The van der Waals surface area contributed by atoms with Crippen LogP contribution in [0.5, 0.6) is 0 Å². The zero-order chi connectivity index (χ0) is 14.7. The predicted molar refractivity (Wildman–Crippen MR) is 71.0 cm³/mol. The van der Waals surface area contributed by atoms with Crippen LogP contribution in [0, 0.1) is 5.92 Å². The lowest BCUT2D eigenvalue weighted by Crippen LogP contribution is -2.31. The molecule has 0 bridgehead atoms. The molecule has 0 aliphatic carbocycles. The van der Waals surface area contributed by atoms with Gasteiger partial charge in [0.15, 0.2) is 0 Å². The van der Waals surface area contributed by atoms with Gasteiger partial charge in [-0.05, 0) is 17.7 Å². The SMILES string of the molecule is CN1CC(C(=O)NCc2ccc(C(=O)O)cc2)CC1=O. The molecule has 106 valence electrons. The Morgan fingerprint density at radius 1 is 1.35 bits per heavy atom. The maximum absolute atomic E-state index is 11.9. The average Bonchev–Trinajstić information content (AvgIpc) is 2.76. The lowest BCUT2D eigenvalue weighted by atomic mass is 10.1. The highest BCUT2D eigenvalue weighted by molar-refractivity contribution is 5.89. The van der Waals surface area contributed by atoms with Crippen molar-refractivity contribution in [3.05, 3.63) is 35.4 Å². The van der Waals surface area contributed by atoms with Crippen LogP contribution in [0.2, 0.25) is 0 Å². The number of nitrogens with zero attached hydrogens (tertiary/aromatic N) is 1. The summed E-state index contributed by atoms with van der Waals surface area (Å²) < 4.78 is 0. The Bertz CT molecular complexity index is 539. The summed E-state index contributed by atoms with van der Waals surface area (Å²) in [7, 11) is 1.68. The maximum Gasteiger partial charge on any atom is 0.335 e. The van der Waals surface area contributed by atoms with Crippen LogP contribution in [0.1, 0.15) is 22.3 Å². The molecule has 20 heavy (non-hydrogen) atoms. The van der Waals surface area contributed by atoms with Gasteiger partial charge in [0.25, 0.3) is 0 Å². The second-order valence-corrected chi connectivity index (χ2v) is 4.90. The van der Waals surface area contributed by atoms with Crippen molar-refractivity contribution in [3.63, 3.8) is 0 Å². The number of hydrogen-bond donors (Lipinski definition) is 2. The number of carboxylic acids is 1. The third kappa shape index (κ3) is 3.14. The molecule has 1 aliphatic heterocycles. The smallest absolute Gasteiger partial charge is 0.335 e. The number of hydrogen-bond acceptors (Lipinski definition) is 3. The molecule has 1 heterocycles. The Labute approximate surface area is 116 Å². The minimum atomic E-state index is -0.979. The zero-order valence-electron chi connectivity index (χ0n) is 11.1. The van der Waals surface area contributed by atoms with E-state index in [1.54, 1.807) is 24.1 Å². The number of rotatable bonds is 4. The summed E-state index contributed by atoms with van der Waals surface area (Å²) in [4.78, 5) is 35.5. The molecule has 1 saturated heterocycles. The Hall–Kier alpha value is -2.37. The number of carbonyl (C=O) groups is 3. The van der Waals surface area contributed by atoms with Crippen molar-refractivity contribution in [1.82, 2.24) is 10.2 Å². The van der Waals surface area contributed by atoms with Crippen LogP contribution < -0.4 is 5.32 Å². The van der Waals surface area contributed by atoms with Gasteiger partial charge in [0.05, 0.1) is 11.5 Å². The van der Waals surface area contributed by atoms with Gasteiger partial charge in [-0.1, -0.05) is 12.1 Å². The van der Waals surface area contributed by atoms with Crippen LogP contribution in [0.3, 0.4) is 0 Å². The molecule has 2 amide bonds. The largest absolute Gasteiger partial charge is 0.478 e.